The van der Waals surface area contributed by atoms with Crippen LogP contribution in [0, 0.1) is 6.92 Å². The highest BCUT2D eigenvalue weighted by Crippen LogP contribution is 2.40. The number of benzene rings is 3. The van der Waals surface area contributed by atoms with E-state index in [9.17, 15) is 22.8 Å². The molecule has 8 N–H and O–H groups in total. The number of pyridine rings is 1. The zero-order chi connectivity index (χ0) is 40.9. The fraction of sp³-hybridized carbons (Fsp3) is 0.317. The van der Waals surface area contributed by atoms with E-state index in [-0.39, 0.29) is 31.0 Å². The smallest absolute Gasteiger partial charge is 0.246 e. The molecule has 57 heavy (non-hydrogen) atoms. The van der Waals surface area contributed by atoms with Crippen LogP contribution < -0.4 is 27.4 Å². The molecule has 0 bridgehead atoms. The number of nitrogens with zero attached hydrogens (tertiary/aromatic N) is 2. The molecular formula is C41H47ClN8O5S2. The van der Waals surface area contributed by atoms with Crippen molar-refractivity contribution in [1.29, 1.82) is 0 Å². The highest BCUT2D eigenvalue weighted by atomic mass is 35.5. The number of nitrogens with two attached hydrogens (primary N) is 2. The van der Waals surface area contributed by atoms with Crippen LogP contribution in [-0.2, 0) is 43.7 Å². The van der Waals surface area contributed by atoms with E-state index in [1.54, 1.807) is 49.6 Å². The van der Waals surface area contributed by atoms with Crippen molar-refractivity contribution in [1.82, 2.24) is 30.8 Å². The van der Waals surface area contributed by atoms with E-state index in [2.05, 4.69) is 25.9 Å². The Morgan fingerprint density at radius 3 is 2.40 bits per heavy atom. The number of para-hydroxylation sites is 1. The zero-order valence-corrected chi connectivity index (χ0v) is 34.4. The Morgan fingerprint density at radius 1 is 0.930 bits per heavy atom. The van der Waals surface area contributed by atoms with Crippen molar-refractivity contribution in [2.24, 2.45) is 11.5 Å². The van der Waals surface area contributed by atoms with E-state index >= 15 is 0 Å². The van der Waals surface area contributed by atoms with Crippen LogP contribution in [-0.4, -0.2) is 85.5 Å². The molecule has 3 amide bonds. The average Bonchev–Trinajstić information content (AvgIpc) is 3.52. The third kappa shape index (κ3) is 9.68. The molecule has 16 heteroatoms. The van der Waals surface area contributed by atoms with Gasteiger partial charge in [-0.3, -0.25) is 14.4 Å². The summed E-state index contributed by atoms with van der Waals surface area (Å²) >= 11 is 8.42. The minimum atomic E-state index is -3.41. The average molecular weight is 831 g/mol. The number of aromatic amines is 1. The van der Waals surface area contributed by atoms with E-state index in [1.165, 1.54) is 16.7 Å². The van der Waals surface area contributed by atoms with Gasteiger partial charge in [-0.15, -0.1) is 0 Å². The van der Waals surface area contributed by atoms with Crippen molar-refractivity contribution in [3.8, 4) is 11.1 Å². The van der Waals surface area contributed by atoms with Gasteiger partial charge in [0.1, 0.15) is 17.1 Å². The number of hydrogen-bond acceptors (Lipinski definition) is 10. The Morgan fingerprint density at radius 2 is 1.68 bits per heavy atom. The summed E-state index contributed by atoms with van der Waals surface area (Å²) < 4.78 is 24.4. The molecule has 0 fully saturated rings. The molecule has 1 aliphatic rings. The number of likely N-dealkylation sites (N-methyl/N-ethyl adjacent to an activating group) is 1. The summed E-state index contributed by atoms with van der Waals surface area (Å²) in [6.45, 7) is 2.39. The fourth-order valence-corrected chi connectivity index (χ4v) is 8.96. The lowest BCUT2D eigenvalue weighted by Gasteiger charge is -2.31. The van der Waals surface area contributed by atoms with E-state index in [0.717, 1.165) is 39.5 Å². The van der Waals surface area contributed by atoms with Gasteiger partial charge in [0.15, 0.2) is 9.84 Å². The molecule has 0 saturated carbocycles. The summed E-state index contributed by atoms with van der Waals surface area (Å²) in [4.78, 5) is 52.9. The highest BCUT2D eigenvalue weighted by Gasteiger charge is 2.34. The molecule has 3 heterocycles. The molecule has 0 spiro atoms. The van der Waals surface area contributed by atoms with E-state index in [1.807, 2.05) is 43.3 Å². The van der Waals surface area contributed by atoms with Crippen molar-refractivity contribution in [3.05, 3.63) is 106 Å². The number of carbonyl (C=O) groups is 3. The van der Waals surface area contributed by atoms with Crippen LogP contribution >= 0.6 is 23.4 Å². The third-order valence-electron chi connectivity index (χ3n) is 10.2. The van der Waals surface area contributed by atoms with Crippen LogP contribution in [0.15, 0.2) is 93.8 Å². The SMILES string of the molecule is Cc1[nH]c2ccccc2c1C[C@H]1C(=O)NCc2cc(-c3ccc(S(C)(=O)=O)cc3)cc(Cl)c2Sc2ncccc2CN[C@@H](CCCN)C(=O)N[C@@H](CN)C(=O)N1C. The largest absolute Gasteiger partial charge is 0.358 e. The number of rotatable bonds is 8. The molecule has 3 atom stereocenters. The lowest BCUT2D eigenvalue weighted by Crippen LogP contribution is -2.59. The predicted molar refractivity (Wildman–Crippen MR) is 223 cm³/mol. The maximum atomic E-state index is 14.5. The van der Waals surface area contributed by atoms with E-state index in [0.29, 0.717) is 45.5 Å². The molecule has 6 rings (SSSR count). The molecule has 2 aromatic heterocycles. The molecule has 300 valence electrons. The van der Waals surface area contributed by atoms with Gasteiger partial charge in [0, 0.05) is 67.0 Å². The number of sulfone groups is 1. The summed E-state index contributed by atoms with van der Waals surface area (Å²) in [5.74, 6) is -1.36. The van der Waals surface area contributed by atoms with Gasteiger partial charge >= 0.3 is 0 Å². The number of carbonyl (C=O) groups excluding carboxylic acids is 3. The normalized spacial score (nSPS) is 18.7. The molecule has 0 unspecified atom stereocenters. The molecule has 0 aliphatic carbocycles. The van der Waals surface area contributed by atoms with E-state index in [4.69, 9.17) is 23.1 Å². The quantitative estimate of drug-likeness (QED) is 0.132. The zero-order valence-electron chi connectivity index (χ0n) is 32.0. The molecule has 3 aromatic carbocycles. The Labute approximate surface area is 341 Å². The third-order valence-corrected chi connectivity index (χ3v) is 13.0. The number of hydrogen-bond donors (Lipinski definition) is 6. The lowest BCUT2D eigenvalue weighted by atomic mass is 9.99. The molecule has 1 aliphatic heterocycles. The first-order valence-corrected chi connectivity index (χ1v) is 21.7. The molecule has 13 nitrogen and oxygen atoms in total. The maximum absolute atomic E-state index is 14.5. The molecule has 0 saturated heterocycles. The number of amides is 3. The monoisotopic (exact) mass is 830 g/mol. The second kappa shape index (κ2) is 18.2. The second-order valence-electron chi connectivity index (χ2n) is 14.1. The summed E-state index contributed by atoms with van der Waals surface area (Å²) in [7, 11) is -1.87. The fourth-order valence-electron chi connectivity index (χ4n) is 6.98. The maximum Gasteiger partial charge on any atom is 0.246 e. The number of aromatic nitrogens is 2. The second-order valence-corrected chi connectivity index (χ2v) is 17.6. The lowest BCUT2D eigenvalue weighted by molar-refractivity contribution is -0.141. The van der Waals surface area contributed by atoms with Gasteiger partial charge in [0.25, 0.3) is 0 Å². The van der Waals surface area contributed by atoms with Crippen LogP contribution in [0.25, 0.3) is 22.0 Å². The van der Waals surface area contributed by atoms with Crippen molar-refractivity contribution in [2.75, 3.05) is 26.4 Å². The summed E-state index contributed by atoms with van der Waals surface area (Å²) in [6.07, 6.45) is 3.95. The molecule has 0 radical (unpaired) electrons. The summed E-state index contributed by atoms with van der Waals surface area (Å²) in [5.41, 5.74) is 17.5. The van der Waals surface area contributed by atoms with Gasteiger partial charge in [-0.05, 0) is 90.5 Å². The van der Waals surface area contributed by atoms with Gasteiger partial charge in [-0.1, -0.05) is 59.8 Å². The van der Waals surface area contributed by atoms with Crippen molar-refractivity contribution in [3.63, 3.8) is 0 Å². The standard InChI is InChI=1S/C41H47ClN8O5S2/c1-24-31(30-9-4-5-10-33(30)48-24)20-36-39(52)47-23-28-18-27(25-12-14-29(15-13-25)57(3,54)55)19-32(42)37(28)56-40-26(8-7-17-45-40)22-46-34(11-6-16-43)38(51)49-35(21-44)41(53)50(36)2/h4-5,7-10,12-15,17-19,34-36,46,48H,6,11,16,20-23,43-44H2,1-3H3,(H,47,52)(H,49,51)/t34-,35-,36-/m0/s1. The molecular weight excluding hydrogens is 784 g/mol. The number of fused-ring (bicyclic) bond motifs is 3. The first-order valence-electron chi connectivity index (χ1n) is 18.6. The number of H-pyrrole nitrogens is 1. The van der Waals surface area contributed by atoms with Crippen LogP contribution in [0.5, 0.6) is 0 Å². The molecule has 5 aromatic rings. The van der Waals surface area contributed by atoms with E-state index < -0.39 is 45.7 Å². The highest BCUT2D eigenvalue weighted by molar-refractivity contribution is 7.99. The van der Waals surface area contributed by atoms with Crippen molar-refractivity contribution >= 4 is 61.8 Å². The van der Waals surface area contributed by atoms with Gasteiger partial charge in [-0.2, -0.15) is 0 Å². The summed E-state index contributed by atoms with van der Waals surface area (Å²) in [5, 5.41) is 11.2. The number of nitrogens with one attached hydrogen (secondary N) is 4. The van der Waals surface area contributed by atoms with Gasteiger partial charge in [0.05, 0.1) is 16.0 Å². The topological polar surface area (TPSA) is 205 Å². The van der Waals surface area contributed by atoms with Crippen molar-refractivity contribution < 1.29 is 22.8 Å². The minimum Gasteiger partial charge on any atom is -0.358 e. The Balaban J connectivity index is 1.46. The number of halogens is 1. The van der Waals surface area contributed by atoms with Gasteiger partial charge in [-0.25, -0.2) is 13.4 Å². The Bertz CT molecular complexity index is 2390. The van der Waals surface area contributed by atoms with Crippen LogP contribution in [0.4, 0.5) is 0 Å². The predicted octanol–water partition coefficient (Wildman–Crippen LogP) is 4.09. The van der Waals surface area contributed by atoms with Gasteiger partial charge in [0.2, 0.25) is 17.7 Å². The van der Waals surface area contributed by atoms with Crippen molar-refractivity contribution in [2.45, 2.75) is 72.2 Å². The number of aryl methyl sites for hydroxylation is 1. The Hall–Kier alpha value is -4.77. The van der Waals surface area contributed by atoms with Crippen LogP contribution in [0.3, 0.4) is 0 Å². The van der Waals surface area contributed by atoms with Crippen LogP contribution in [0.2, 0.25) is 5.02 Å². The minimum absolute atomic E-state index is 0.0280. The summed E-state index contributed by atoms with van der Waals surface area (Å²) in [6, 6.07) is 18.9. The first-order chi connectivity index (χ1) is 27.3. The van der Waals surface area contributed by atoms with Crippen LogP contribution in [0.1, 0.15) is 35.2 Å². The first kappa shape index (κ1) is 41.9. The van der Waals surface area contributed by atoms with Gasteiger partial charge < -0.3 is 37.3 Å². The Kier molecular flexibility index (Phi) is 13.4.